The number of hydrogen-bond acceptors (Lipinski definition) is 3. The van der Waals surface area contributed by atoms with Gasteiger partial charge in [0.15, 0.2) is 0 Å². The summed E-state index contributed by atoms with van der Waals surface area (Å²) in [7, 11) is 1.61. The van der Waals surface area contributed by atoms with Crippen LogP contribution in [0, 0.1) is 17.1 Å². The molecule has 1 aliphatic heterocycles. The zero-order valence-electron chi connectivity index (χ0n) is 15.3. The first-order valence-corrected chi connectivity index (χ1v) is 9.04. The fourth-order valence-corrected chi connectivity index (χ4v) is 3.67. The molecule has 4 nitrogen and oxygen atoms in total. The monoisotopic (exact) mass is 425 g/mol. The summed E-state index contributed by atoms with van der Waals surface area (Å²) in [6.45, 7) is 0.0216. The summed E-state index contributed by atoms with van der Waals surface area (Å²) in [6, 6.07) is 9.17. The number of nitriles is 1. The van der Waals surface area contributed by atoms with E-state index in [1.807, 2.05) is 6.07 Å². The normalized spacial score (nSPS) is 16.8. The van der Waals surface area contributed by atoms with Crippen LogP contribution in [-0.4, -0.2) is 30.4 Å². The molecule has 0 spiro atoms. The van der Waals surface area contributed by atoms with Crippen molar-refractivity contribution in [2.24, 2.45) is 0 Å². The van der Waals surface area contributed by atoms with Crippen LogP contribution >= 0.6 is 11.6 Å². The van der Waals surface area contributed by atoms with Crippen LogP contribution in [-0.2, 0) is 17.5 Å². The number of amides is 1. The fourth-order valence-electron chi connectivity index (χ4n) is 3.45. The van der Waals surface area contributed by atoms with E-state index in [9.17, 15) is 22.4 Å². The van der Waals surface area contributed by atoms with Gasteiger partial charge in [0, 0.05) is 32.2 Å². The standard InChI is InChI=1S/C20H16ClF4N3O/c1-27-11-15(8-18(27)29)28(14-6-5-12(9-26)16(21)7-14)10-13-3-2-4-17(22)19(13)20(23,24)25/h2-7,15H,8,10-11H2,1H3/t15-/m0/s1. The zero-order chi connectivity index (χ0) is 21.3. The number of hydrogen-bond donors (Lipinski definition) is 0. The summed E-state index contributed by atoms with van der Waals surface area (Å²) in [6.07, 6.45) is -4.76. The van der Waals surface area contributed by atoms with Crippen molar-refractivity contribution in [2.75, 3.05) is 18.5 Å². The molecule has 0 aromatic heterocycles. The van der Waals surface area contributed by atoms with Crippen molar-refractivity contribution in [3.63, 3.8) is 0 Å². The Morgan fingerprint density at radius 1 is 1.31 bits per heavy atom. The third kappa shape index (κ3) is 4.30. The molecule has 9 heteroatoms. The minimum atomic E-state index is -4.86. The van der Waals surface area contributed by atoms with E-state index in [1.54, 1.807) is 18.0 Å². The van der Waals surface area contributed by atoms with Gasteiger partial charge in [-0.25, -0.2) is 4.39 Å². The molecule has 2 aromatic carbocycles. The maximum atomic E-state index is 14.0. The molecule has 3 rings (SSSR count). The SMILES string of the molecule is CN1C[C@@H](N(Cc2cccc(F)c2C(F)(F)F)c2ccc(C#N)c(Cl)c2)CC1=O. The molecule has 0 N–H and O–H groups in total. The lowest BCUT2D eigenvalue weighted by Gasteiger charge is -2.32. The fraction of sp³-hybridized carbons (Fsp3) is 0.300. The number of carbonyl (C=O) groups is 1. The Morgan fingerprint density at radius 2 is 2.03 bits per heavy atom. The molecular formula is C20H16ClF4N3O. The smallest absolute Gasteiger partial charge is 0.362 e. The second kappa shape index (κ2) is 7.91. The van der Waals surface area contributed by atoms with Crippen LogP contribution in [0.2, 0.25) is 5.02 Å². The molecule has 1 amide bonds. The highest BCUT2D eigenvalue weighted by Crippen LogP contribution is 2.36. The molecule has 1 heterocycles. The van der Waals surface area contributed by atoms with Gasteiger partial charge in [-0.2, -0.15) is 18.4 Å². The Kier molecular flexibility index (Phi) is 5.71. The van der Waals surface area contributed by atoms with Crippen LogP contribution in [0.25, 0.3) is 0 Å². The first-order valence-electron chi connectivity index (χ1n) is 8.66. The van der Waals surface area contributed by atoms with Gasteiger partial charge in [0.05, 0.1) is 22.2 Å². The molecule has 1 saturated heterocycles. The van der Waals surface area contributed by atoms with Gasteiger partial charge in [-0.1, -0.05) is 23.7 Å². The van der Waals surface area contributed by atoms with Gasteiger partial charge < -0.3 is 9.80 Å². The number of alkyl halides is 3. The number of likely N-dealkylation sites (N-methyl/N-ethyl adjacent to an activating group) is 1. The molecule has 1 aliphatic rings. The highest BCUT2D eigenvalue weighted by atomic mass is 35.5. The first kappa shape index (κ1) is 20.9. The van der Waals surface area contributed by atoms with E-state index >= 15 is 0 Å². The highest BCUT2D eigenvalue weighted by Gasteiger charge is 2.38. The Hall–Kier alpha value is -2.79. The van der Waals surface area contributed by atoms with Crippen molar-refractivity contribution in [3.05, 3.63) is 63.9 Å². The summed E-state index contributed by atoms with van der Waals surface area (Å²) in [5, 5.41) is 9.20. The Morgan fingerprint density at radius 3 is 2.59 bits per heavy atom. The summed E-state index contributed by atoms with van der Waals surface area (Å²) < 4.78 is 54.3. The van der Waals surface area contributed by atoms with Crippen molar-refractivity contribution >= 4 is 23.2 Å². The average molecular weight is 426 g/mol. The molecule has 0 bridgehead atoms. The topological polar surface area (TPSA) is 47.3 Å². The van der Waals surface area contributed by atoms with Crippen molar-refractivity contribution in [2.45, 2.75) is 25.2 Å². The number of halogens is 5. The Labute approximate surface area is 169 Å². The number of rotatable bonds is 4. The average Bonchev–Trinajstić information content (AvgIpc) is 2.97. The molecule has 1 fully saturated rings. The summed E-state index contributed by atoms with van der Waals surface area (Å²) in [5.41, 5.74) is -0.918. The van der Waals surface area contributed by atoms with Crippen LogP contribution in [0.15, 0.2) is 36.4 Å². The van der Waals surface area contributed by atoms with Crippen LogP contribution in [0.1, 0.15) is 23.1 Å². The van der Waals surface area contributed by atoms with Gasteiger partial charge >= 0.3 is 6.18 Å². The van der Waals surface area contributed by atoms with Gasteiger partial charge in [-0.15, -0.1) is 0 Å². The third-order valence-corrected chi connectivity index (χ3v) is 5.20. The van der Waals surface area contributed by atoms with Gasteiger partial charge in [0.25, 0.3) is 0 Å². The lowest BCUT2D eigenvalue weighted by atomic mass is 10.0. The third-order valence-electron chi connectivity index (χ3n) is 4.89. The molecule has 152 valence electrons. The second-order valence-corrected chi connectivity index (χ2v) is 7.21. The molecule has 0 unspecified atom stereocenters. The van der Waals surface area contributed by atoms with E-state index in [2.05, 4.69) is 0 Å². The second-order valence-electron chi connectivity index (χ2n) is 6.81. The predicted molar refractivity (Wildman–Crippen MR) is 99.8 cm³/mol. The van der Waals surface area contributed by atoms with E-state index < -0.39 is 23.6 Å². The molecule has 0 saturated carbocycles. The van der Waals surface area contributed by atoms with Crippen molar-refractivity contribution in [1.29, 1.82) is 5.26 Å². The maximum Gasteiger partial charge on any atom is 0.419 e. The van der Waals surface area contributed by atoms with Crippen molar-refractivity contribution < 1.29 is 22.4 Å². The molecule has 0 radical (unpaired) electrons. The maximum absolute atomic E-state index is 14.0. The number of benzene rings is 2. The zero-order valence-corrected chi connectivity index (χ0v) is 16.1. The largest absolute Gasteiger partial charge is 0.419 e. The van der Waals surface area contributed by atoms with Gasteiger partial charge in [0.2, 0.25) is 5.91 Å². The number of carbonyl (C=O) groups excluding carboxylic acids is 1. The summed E-state index contributed by atoms with van der Waals surface area (Å²) in [4.78, 5) is 15.1. The number of nitrogens with zero attached hydrogens (tertiary/aromatic N) is 3. The van der Waals surface area contributed by atoms with Crippen LogP contribution in [0.3, 0.4) is 0 Å². The van der Waals surface area contributed by atoms with E-state index in [0.29, 0.717) is 12.2 Å². The van der Waals surface area contributed by atoms with E-state index in [-0.39, 0.29) is 35.0 Å². The van der Waals surface area contributed by atoms with Gasteiger partial charge in [-0.05, 0) is 29.8 Å². The lowest BCUT2D eigenvalue weighted by Crippen LogP contribution is -2.37. The minimum absolute atomic E-state index is 0.102. The number of likely N-dealkylation sites (tertiary alicyclic amines) is 1. The van der Waals surface area contributed by atoms with Crippen LogP contribution in [0.5, 0.6) is 0 Å². The van der Waals surface area contributed by atoms with Gasteiger partial charge in [-0.3, -0.25) is 4.79 Å². The Bertz CT molecular complexity index is 987. The quantitative estimate of drug-likeness (QED) is 0.672. The molecule has 2 aromatic rings. The van der Waals surface area contributed by atoms with Crippen molar-refractivity contribution in [1.82, 2.24) is 4.90 Å². The first-order chi connectivity index (χ1) is 13.6. The molecule has 29 heavy (non-hydrogen) atoms. The Balaban J connectivity index is 2.06. The number of anilines is 1. The van der Waals surface area contributed by atoms with Crippen LogP contribution in [0.4, 0.5) is 23.2 Å². The summed E-state index contributed by atoms with van der Waals surface area (Å²) >= 11 is 6.10. The lowest BCUT2D eigenvalue weighted by molar-refractivity contribution is -0.140. The van der Waals surface area contributed by atoms with E-state index in [4.69, 9.17) is 16.9 Å². The molecular weight excluding hydrogens is 410 g/mol. The van der Waals surface area contributed by atoms with E-state index in [1.165, 1.54) is 29.2 Å². The minimum Gasteiger partial charge on any atom is -0.362 e. The molecule has 1 atom stereocenters. The van der Waals surface area contributed by atoms with Crippen LogP contribution < -0.4 is 4.90 Å². The summed E-state index contributed by atoms with van der Waals surface area (Å²) in [5.74, 6) is -1.50. The van der Waals surface area contributed by atoms with Crippen molar-refractivity contribution in [3.8, 4) is 6.07 Å². The molecule has 0 aliphatic carbocycles. The van der Waals surface area contributed by atoms with Gasteiger partial charge in [0.1, 0.15) is 11.9 Å². The van der Waals surface area contributed by atoms with E-state index in [0.717, 1.165) is 6.07 Å². The highest BCUT2D eigenvalue weighted by molar-refractivity contribution is 6.32. The predicted octanol–water partition coefficient (Wildman–Crippen LogP) is 4.61.